The van der Waals surface area contributed by atoms with Crippen LogP contribution < -0.4 is 10.6 Å². The molecule has 23 heavy (non-hydrogen) atoms. The minimum absolute atomic E-state index is 0.0426. The highest BCUT2D eigenvalue weighted by Crippen LogP contribution is 2.13. The van der Waals surface area contributed by atoms with Gasteiger partial charge in [0.15, 0.2) is 5.82 Å². The smallest absolute Gasteiger partial charge is 0.261 e. The molecule has 0 unspecified atom stereocenters. The van der Waals surface area contributed by atoms with Crippen LogP contribution in [0.15, 0.2) is 48.1 Å². The van der Waals surface area contributed by atoms with Crippen LogP contribution in [0.4, 0.5) is 5.82 Å². The Balaban J connectivity index is 1.45. The first-order chi connectivity index (χ1) is 11.2. The molecule has 0 spiro atoms. The van der Waals surface area contributed by atoms with Gasteiger partial charge in [-0.3, -0.25) is 4.79 Å². The summed E-state index contributed by atoms with van der Waals surface area (Å²) in [6.07, 6.45) is 3.83. The van der Waals surface area contributed by atoms with Crippen LogP contribution in [-0.4, -0.2) is 33.8 Å². The SMILES string of the molecule is Cc1csc(C(=O)NCCNc2ccc(-n3cccc3)nn2)c1. The second kappa shape index (κ2) is 7.06. The quantitative estimate of drug-likeness (QED) is 0.682. The summed E-state index contributed by atoms with van der Waals surface area (Å²) in [5.41, 5.74) is 1.11. The summed E-state index contributed by atoms with van der Waals surface area (Å²) in [5.74, 6) is 1.41. The standard InChI is InChI=1S/C16H17N5OS/c1-12-10-13(23-11-12)16(22)18-7-6-17-14-4-5-15(20-19-14)21-8-2-3-9-21/h2-5,8-11H,6-7H2,1H3,(H,17,19)(H,18,22). The summed E-state index contributed by atoms with van der Waals surface area (Å²) in [4.78, 5) is 12.6. The van der Waals surface area contributed by atoms with E-state index in [9.17, 15) is 4.79 Å². The number of hydrogen-bond donors (Lipinski definition) is 2. The van der Waals surface area contributed by atoms with E-state index in [1.54, 1.807) is 0 Å². The number of nitrogens with one attached hydrogen (secondary N) is 2. The Labute approximate surface area is 138 Å². The van der Waals surface area contributed by atoms with Crippen LogP contribution in [0.2, 0.25) is 0 Å². The molecule has 6 nitrogen and oxygen atoms in total. The molecule has 0 bridgehead atoms. The second-order valence-electron chi connectivity index (χ2n) is 5.04. The largest absolute Gasteiger partial charge is 0.367 e. The number of thiophene rings is 1. The number of hydrogen-bond acceptors (Lipinski definition) is 5. The molecule has 1 amide bonds. The molecule has 0 aliphatic carbocycles. The van der Waals surface area contributed by atoms with E-state index in [-0.39, 0.29) is 5.91 Å². The molecule has 0 atom stereocenters. The minimum atomic E-state index is -0.0426. The first kappa shape index (κ1) is 15.2. The van der Waals surface area contributed by atoms with Crippen molar-refractivity contribution in [3.63, 3.8) is 0 Å². The van der Waals surface area contributed by atoms with Gasteiger partial charge in [-0.05, 0) is 48.2 Å². The lowest BCUT2D eigenvalue weighted by Gasteiger charge is -2.07. The van der Waals surface area contributed by atoms with Gasteiger partial charge in [-0.25, -0.2) is 0 Å². The van der Waals surface area contributed by atoms with E-state index >= 15 is 0 Å². The first-order valence-electron chi connectivity index (χ1n) is 7.26. The van der Waals surface area contributed by atoms with E-state index in [0.29, 0.717) is 18.9 Å². The molecule has 0 saturated carbocycles. The Kier molecular flexibility index (Phi) is 4.68. The van der Waals surface area contributed by atoms with Crippen LogP contribution in [0.25, 0.3) is 5.82 Å². The van der Waals surface area contributed by atoms with Gasteiger partial charge in [0.25, 0.3) is 5.91 Å². The fourth-order valence-corrected chi connectivity index (χ4v) is 2.86. The lowest BCUT2D eigenvalue weighted by atomic mass is 10.3. The molecule has 3 aromatic heterocycles. The van der Waals surface area contributed by atoms with Gasteiger partial charge < -0.3 is 15.2 Å². The van der Waals surface area contributed by atoms with Crippen molar-refractivity contribution in [2.75, 3.05) is 18.4 Å². The molecule has 0 fully saturated rings. The molecule has 3 rings (SSSR count). The number of anilines is 1. The first-order valence-corrected chi connectivity index (χ1v) is 8.14. The van der Waals surface area contributed by atoms with Crippen molar-refractivity contribution < 1.29 is 4.79 Å². The van der Waals surface area contributed by atoms with Crippen LogP contribution in [0.1, 0.15) is 15.2 Å². The van der Waals surface area contributed by atoms with Crippen molar-refractivity contribution in [3.05, 3.63) is 58.5 Å². The maximum Gasteiger partial charge on any atom is 0.261 e. The highest BCUT2D eigenvalue weighted by molar-refractivity contribution is 7.12. The molecule has 3 aromatic rings. The van der Waals surface area contributed by atoms with Crippen molar-refractivity contribution in [1.29, 1.82) is 0 Å². The van der Waals surface area contributed by atoms with Crippen molar-refractivity contribution in [2.45, 2.75) is 6.92 Å². The molecule has 3 heterocycles. The lowest BCUT2D eigenvalue weighted by Crippen LogP contribution is -2.28. The molecule has 7 heteroatoms. The van der Waals surface area contributed by atoms with Gasteiger partial charge in [-0.1, -0.05) is 0 Å². The molecule has 2 N–H and O–H groups in total. The van der Waals surface area contributed by atoms with Crippen LogP contribution in [0.5, 0.6) is 0 Å². The summed E-state index contributed by atoms with van der Waals surface area (Å²) in [7, 11) is 0. The minimum Gasteiger partial charge on any atom is -0.367 e. The maximum absolute atomic E-state index is 11.9. The van der Waals surface area contributed by atoms with Gasteiger partial charge in [0.05, 0.1) is 4.88 Å². The third-order valence-corrected chi connectivity index (χ3v) is 4.24. The molecular formula is C16H17N5OS. The van der Waals surface area contributed by atoms with E-state index in [1.165, 1.54) is 11.3 Å². The third kappa shape index (κ3) is 3.95. The van der Waals surface area contributed by atoms with Gasteiger partial charge in [-0.2, -0.15) is 0 Å². The average molecular weight is 327 g/mol. The summed E-state index contributed by atoms with van der Waals surface area (Å²) in [6, 6.07) is 9.52. The summed E-state index contributed by atoms with van der Waals surface area (Å²) in [6.45, 7) is 3.09. The Morgan fingerprint density at radius 3 is 2.70 bits per heavy atom. The summed E-state index contributed by atoms with van der Waals surface area (Å²) >= 11 is 1.46. The van der Waals surface area contributed by atoms with Gasteiger partial charge in [0, 0.05) is 25.5 Å². The number of nitrogens with zero attached hydrogens (tertiary/aromatic N) is 3. The van der Waals surface area contributed by atoms with Crippen molar-refractivity contribution in [2.24, 2.45) is 0 Å². The van der Waals surface area contributed by atoms with Crippen LogP contribution in [-0.2, 0) is 0 Å². The highest BCUT2D eigenvalue weighted by Gasteiger charge is 2.06. The topological polar surface area (TPSA) is 71.8 Å². The highest BCUT2D eigenvalue weighted by atomic mass is 32.1. The number of carbonyl (C=O) groups is 1. The van der Waals surface area contributed by atoms with Crippen LogP contribution >= 0.6 is 11.3 Å². The summed E-state index contributed by atoms with van der Waals surface area (Å²) < 4.78 is 1.89. The molecule has 0 aliphatic rings. The van der Waals surface area contributed by atoms with Crippen molar-refractivity contribution >= 4 is 23.1 Å². The molecule has 0 radical (unpaired) electrons. The Morgan fingerprint density at radius 1 is 1.22 bits per heavy atom. The normalized spacial score (nSPS) is 10.5. The van der Waals surface area contributed by atoms with Crippen molar-refractivity contribution in [1.82, 2.24) is 20.1 Å². The Bertz CT molecular complexity index is 764. The number of rotatable bonds is 6. The number of aromatic nitrogens is 3. The van der Waals surface area contributed by atoms with Gasteiger partial charge >= 0.3 is 0 Å². The molecule has 0 aromatic carbocycles. The number of aryl methyl sites for hydroxylation is 1. The van der Waals surface area contributed by atoms with Crippen molar-refractivity contribution in [3.8, 4) is 5.82 Å². The third-order valence-electron chi connectivity index (χ3n) is 3.19. The summed E-state index contributed by atoms with van der Waals surface area (Å²) in [5, 5.41) is 16.2. The Hall–Kier alpha value is -2.67. The van der Waals surface area contributed by atoms with Gasteiger partial charge in [0.1, 0.15) is 5.82 Å². The van der Waals surface area contributed by atoms with Gasteiger partial charge in [-0.15, -0.1) is 21.5 Å². The fraction of sp³-hybridized carbons (Fsp3) is 0.188. The zero-order valence-electron chi connectivity index (χ0n) is 12.7. The zero-order chi connectivity index (χ0) is 16.1. The predicted octanol–water partition coefficient (Wildman–Crippen LogP) is 2.48. The number of carbonyl (C=O) groups excluding carboxylic acids is 1. The monoisotopic (exact) mass is 327 g/mol. The van der Waals surface area contributed by atoms with E-state index in [0.717, 1.165) is 16.3 Å². The average Bonchev–Trinajstić information content (AvgIpc) is 3.23. The molecule has 0 aliphatic heterocycles. The van der Waals surface area contributed by atoms with Crippen LogP contribution in [0, 0.1) is 6.92 Å². The lowest BCUT2D eigenvalue weighted by molar-refractivity contribution is 0.0959. The molecule has 0 saturated heterocycles. The molecule has 118 valence electrons. The fourth-order valence-electron chi connectivity index (χ4n) is 2.05. The Morgan fingerprint density at radius 2 is 2.04 bits per heavy atom. The van der Waals surface area contributed by atoms with Crippen LogP contribution in [0.3, 0.4) is 0 Å². The van der Waals surface area contributed by atoms with E-state index < -0.39 is 0 Å². The van der Waals surface area contributed by atoms with E-state index in [1.807, 2.05) is 59.6 Å². The van der Waals surface area contributed by atoms with Gasteiger partial charge in [0.2, 0.25) is 0 Å². The number of amides is 1. The maximum atomic E-state index is 11.9. The zero-order valence-corrected chi connectivity index (χ0v) is 13.5. The molecular weight excluding hydrogens is 310 g/mol. The predicted molar refractivity (Wildman–Crippen MR) is 91.2 cm³/mol. The van der Waals surface area contributed by atoms with E-state index in [2.05, 4.69) is 20.8 Å². The second-order valence-corrected chi connectivity index (χ2v) is 5.95. The van der Waals surface area contributed by atoms with E-state index in [4.69, 9.17) is 0 Å².